The number of nitrogens with zero attached hydrogens (tertiary/aromatic N) is 1. The normalized spacial score (nSPS) is 19.0. The molecule has 1 aliphatic heterocycles. The molecule has 1 amide bonds. The predicted octanol–water partition coefficient (Wildman–Crippen LogP) is 1.61. The molecule has 1 unspecified atom stereocenters. The number of ether oxygens (including phenoxy) is 1. The zero-order valence-corrected chi connectivity index (χ0v) is 11.0. The Morgan fingerprint density at radius 3 is 2.37 bits per heavy atom. The van der Waals surface area contributed by atoms with Crippen molar-refractivity contribution in [3.05, 3.63) is 41.2 Å². The summed E-state index contributed by atoms with van der Waals surface area (Å²) in [7, 11) is 3.12. The standard InChI is InChI=1S/C14H15NO4/c1-8(16)11-12(15(2)14(18)13(11)17)9-4-6-10(19-3)7-5-9/h4-7,12,17H,1-3H3. The van der Waals surface area contributed by atoms with Gasteiger partial charge in [-0.2, -0.15) is 0 Å². The van der Waals surface area contributed by atoms with E-state index in [2.05, 4.69) is 0 Å². The van der Waals surface area contributed by atoms with Crippen LogP contribution in [0.25, 0.3) is 0 Å². The largest absolute Gasteiger partial charge is 0.503 e. The number of rotatable bonds is 3. The lowest BCUT2D eigenvalue weighted by Gasteiger charge is -2.22. The van der Waals surface area contributed by atoms with E-state index in [-0.39, 0.29) is 11.4 Å². The molecule has 1 aromatic rings. The van der Waals surface area contributed by atoms with Crippen LogP contribution in [0.4, 0.5) is 0 Å². The molecule has 0 aliphatic carbocycles. The summed E-state index contributed by atoms with van der Waals surface area (Å²) in [5.74, 6) is -0.619. The average molecular weight is 261 g/mol. The summed E-state index contributed by atoms with van der Waals surface area (Å²) in [6, 6.07) is 6.50. The van der Waals surface area contributed by atoms with Crippen molar-refractivity contribution in [1.29, 1.82) is 0 Å². The number of amides is 1. The Morgan fingerprint density at radius 1 is 1.32 bits per heavy atom. The number of carbonyl (C=O) groups excluding carboxylic acids is 2. The van der Waals surface area contributed by atoms with E-state index in [1.807, 2.05) is 0 Å². The molecule has 0 bridgehead atoms. The molecule has 1 aliphatic rings. The third-order valence-corrected chi connectivity index (χ3v) is 3.25. The summed E-state index contributed by atoms with van der Waals surface area (Å²) in [4.78, 5) is 24.8. The minimum absolute atomic E-state index is 0.137. The summed E-state index contributed by atoms with van der Waals surface area (Å²) in [6.07, 6.45) is 0. The smallest absolute Gasteiger partial charge is 0.289 e. The molecule has 0 fully saturated rings. The van der Waals surface area contributed by atoms with E-state index in [1.165, 1.54) is 11.8 Å². The third kappa shape index (κ3) is 2.07. The van der Waals surface area contributed by atoms with E-state index >= 15 is 0 Å². The summed E-state index contributed by atoms with van der Waals surface area (Å²) in [5.41, 5.74) is 0.892. The van der Waals surface area contributed by atoms with Gasteiger partial charge in [-0.25, -0.2) is 0 Å². The molecule has 0 spiro atoms. The highest BCUT2D eigenvalue weighted by Crippen LogP contribution is 2.36. The van der Waals surface area contributed by atoms with Crippen LogP contribution in [0.3, 0.4) is 0 Å². The Morgan fingerprint density at radius 2 is 1.89 bits per heavy atom. The number of Topliss-reactive ketones (excluding diaryl/α,β-unsaturated/α-hetero) is 1. The van der Waals surface area contributed by atoms with Crippen molar-refractivity contribution in [2.75, 3.05) is 14.2 Å². The number of ketones is 1. The molecule has 19 heavy (non-hydrogen) atoms. The molecule has 5 nitrogen and oxygen atoms in total. The van der Waals surface area contributed by atoms with Crippen LogP contribution in [0.15, 0.2) is 35.6 Å². The zero-order chi connectivity index (χ0) is 14.2. The lowest BCUT2D eigenvalue weighted by atomic mass is 9.97. The fourth-order valence-electron chi connectivity index (χ4n) is 2.26. The van der Waals surface area contributed by atoms with Crippen LogP contribution in [-0.2, 0) is 9.59 Å². The van der Waals surface area contributed by atoms with Crippen molar-refractivity contribution in [3.63, 3.8) is 0 Å². The Labute approximate surface area is 111 Å². The molecule has 5 heteroatoms. The summed E-state index contributed by atoms with van der Waals surface area (Å²) >= 11 is 0. The molecule has 0 aromatic heterocycles. The highest BCUT2D eigenvalue weighted by atomic mass is 16.5. The van der Waals surface area contributed by atoms with Crippen LogP contribution in [0, 0.1) is 0 Å². The first-order chi connectivity index (χ1) is 8.97. The van der Waals surface area contributed by atoms with Gasteiger partial charge >= 0.3 is 0 Å². The lowest BCUT2D eigenvalue weighted by molar-refractivity contribution is -0.128. The minimum Gasteiger partial charge on any atom is -0.503 e. The van der Waals surface area contributed by atoms with Crippen molar-refractivity contribution in [2.45, 2.75) is 13.0 Å². The van der Waals surface area contributed by atoms with Gasteiger partial charge in [0.2, 0.25) is 0 Å². The number of benzene rings is 1. The second-order valence-corrected chi connectivity index (χ2v) is 4.41. The van der Waals surface area contributed by atoms with E-state index in [4.69, 9.17) is 4.74 Å². The fraction of sp³-hybridized carbons (Fsp3) is 0.286. The van der Waals surface area contributed by atoms with E-state index in [1.54, 1.807) is 38.4 Å². The van der Waals surface area contributed by atoms with Crippen LogP contribution in [0.5, 0.6) is 5.75 Å². The van der Waals surface area contributed by atoms with E-state index in [0.717, 1.165) is 5.56 Å². The lowest BCUT2D eigenvalue weighted by Crippen LogP contribution is -2.26. The van der Waals surface area contributed by atoms with Crippen LogP contribution in [-0.4, -0.2) is 35.9 Å². The summed E-state index contributed by atoms with van der Waals surface area (Å²) < 4.78 is 5.07. The van der Waals surface area contributed by atoms with Gasteiger partial charge in [-0.1, -0.05) is 12.1 Å². The molecule has 0 saturated heterocycles. The first-order valence-electron chi connectivity index (χ1n) is 5.82. The van der Waals surface area contributed by atoms with Gasteiger partial charge in [-0.05, 0) is 24.6 Å². The van der Waals surface area contributed by atoms with Crippen molar-refractivity contribution in [3.8, 4) is 5.75 Å². The number of likely N-dealkylation sites (N-methyl/N-ethyl adjacent to an activating group) is 1. The monoisotopic (exact) mass is 261 g/mol. The van der Waals surface area contributed by atoms with Crippen molar-refractivity contribution < 1.29 is 19.4 Å². The maximum atomic E-state index is 11.8. The molecular formula is C14H15NO4. The van der Waals surface area contributed by atoms with Gasteiger partial charge in [0, 0.05) is 7.05 Å². The molecular weight excluding hydrogens is 246 g/mol. The minimum atomic E-state index is -0.545. The first kappa shape index (κ1) is 13.1. The van der Waals surface area contributed by atoms with Gasteiger partial charge in [0.1, 0.15) is 5.75 Å². The highest BCUT2D eigenvalue weighted by Gasteiger charge is 2.40. The van der Waals surface area contributed by atoms with Crippen LogP contribution >= 0.6 is 0 Å². The van der Waals surface area contributed by atoms with Gasteiger partial charge in [0.15, 0.2) is 11.5 Å². The number of methoxy groups -OCH3 is 1. The number of hydrogen-bond acceptors (Lipinski definition) is 4. The maximum absolute atomic E-state index is 11.8. The van der Waals surface area contributed by atoms with Gasteiger partial charge in [-0.15, -0.1) is 0 Å². The number of hydrogen-bond donors (Lipinski definition) is 1. The Kier molecular flexibility index (Phi) is 3.29. The number of aliphatic hydroxyl groups is 1. The van der Waals surface area contributed by atoms with E-state index in [9.17, 15) is 14.7 Å². The third-order valence-electron chi connectivity index (χ3n) is 3.25. The Balaban J connectivity index is 2.47. The highest BCUT2D eigenvalue weighted by molar-refractivity contribution is 6.07. The predicted molar refractivity (Wildman–Crippen MR) is 68.8 cm³/mol. The van der Waals surface area contributed by atoms with Crippen molar-refractivity contribution >= 4 is 11.7 Å². The van der Waals surface area contributed by atoms with Crippen molar-refractivity contribution in [1.82, 2.24) is 4.90 Å². The van der Waals surface area contributed by atoms with Gasteiger partial charge in [-0.3, -0.25) is 9.59 Å². The average Bonchev–Trinajstić information content (AvgIpc) is 2.63. The maximum Gasteiger partial charge on any atom is 0.289 e. The molecule has 2 rings (SSSR count). The Bertz CT molecular complexity index is 559. The van der Waals surface area contributed by atoms with Crippen molar-refractivity contribution in [2.24, 2.45) is 0 Å². The quantitative estimate of drug-likeness (QED) is 0.897. The van der Waals surface area contributed by atoms with Gasteiger partial charge in [0.05, 0.1) is 18.7 Å². The molecule has 0 saturated carbocycles. The summed E-state index contributed by atoms with van der Waals surface area (Å²) in [6.45, 7) is 1.34. The van der Waals surface area contributed by atoms with E-state index in [0.29, 0.717) is 5.75 Å². The molecule has 1 N–H and O–H groups in total. The van der Waals surface area contributed by atoms with Gasteiger partial charge < -0.3 is 14.7 Å². The second-order valence-electron chi connectivity index (χ2n) is 4.41. The number of carbonyl (C=O) groups is 2. The van der Waals surface area contributed by atoms with E-state index < -0.39 is 17.7 Å². The van der Waals surface area contributed by atoms with Crippen LogP contribution in [0.2, 0.25) is 0 Å². The molecule has 0 radical (unpaired) electrons. The van der Waals surface area contributed by atoms with Crippen LogP contribution in [0.1, 0.15) is 18.5 Å². The first-order valence-corrected chi connectivity index (χ1v) is 5.82. The molecule has 100 valence electrons. The summed E-state index contributed by atoms with van der Waals surface area (Å²) in [5, 5.41) is 9.77. The molecule has 1 aromatic carbocycles. The van der Waals surface area contributed by atoms with Gasteiger partial charge in [0.25, 0.3) is 5.91 Å². The van der Waals surface area contributed by atoms with Crippen LogP contribution < -0.4 is 4.74 Å². The molecule has 1 heterocycles. The zero-order valence-electron chi connectivity index (χ0n) is 11.0. The molecule has 1 atom stereocenters. The topological polar surface area (TPSA) is 66.8 Å². The SMILES string of the molecule is COc1ccc(C2C(C(C)=O)=C(O)C(=O)N2C)cc1. The second kappa shape index (κ2) is 4.76. The Hall–Kier alpha value is -2.30. The number of aliphatic hydroxyl groups excluding tert-OH is 1. The fourth-order valence-corrected chi connectivity index (χ4v) is 2.26.